The van der Waals surface area contributed by atoms with Crippen LogP contribution in [-0.2, 0) is 0 Å². The third-order valence-corrected chi connectivity index (χ3v) is 5.18. The number of amides is 1. The Morgan fingerprint density at radius 1 is 1.68 bits per heavy atom. The maximum atomic E-state index is 12.3. The number of rotatable bonds is 4. The van der Waals surface area contributed by atoms with Gasteiger partial charge in [0.15, 0.2) is 0 Å². The molecule has 1 amide bonds. The summed E-state index contributed by atoms with van der Waals surface area (Å²) in [6.07, 6.45) is 4.28. The second kappa shape index (κ2) is 6.14. The van der Waals surface area contributed by atoms with Crippen LogP contribution >= 0.6 is 22.9 Å². The standard InChI is InChI=1S/C14H20ClNO2S/c1-10-4-3-5-14(7-10,9-15)16-13(17)12-6-11(18-2)8-19-12/h6,8,10H,3-5,7,9H2,1-2H3,(H,16,17). The molecule has 0 bridgehead atoms. The highest BCUT2D eigenvalue weighted by Gasteiger charge is 2.36. The first-order valence-corrected chi connectivity index (χ1v) is 8.01. The van der Waals surface area contributed by atoms with Gasteiger partial charge < -0.3 is 10.1 Å². The molecule has 1 aliphatic carbocycles. The number of thiophene rings is 1. The number of ether oxygens (including phenoxy) is 1. The van der Waals surface area contributed by atoms with Crippen LogP contribution in [0.2, 0.25) is 0 Å². The second-order valence-electron chi connectivity index (χ2n) is 5.42. The fourth-order valence-corrected chi connectivity index (χ4v) is 3.83. The Kier molecular flexibility index (Phi) is 4.74. The fraction of sp³-hybridized carbons (Fsp3) is 0.643. The smallest absolute Gasteiger partial charge is 0.261 e. The molecular formula is C14H20ClNO2S. The zero-order valence-corrected chi connectivity index (χ0v) is 12.9. The average Bonchev–Trinajstić information content (AvgIpc) is 2.87. The van der Waals surface area contributed by atoms with Crippen molar-refractivity contribution in [3.8, 4) is 5.75 Å². The summed E-state index contributed by atoms with van der Waals surface area (Å²) >= 11 is 7.53. The van der Waals surface area contributed by atoms with Crippen molar-refractivity contribution in [2.75, 3.05) is 13.0 Å². The van der Waals surface area contributed by atoms with E-state index in [1.165, 1.54) is 17.8 Å². The Morgan fingerprint density at radius 2 is 2.47 bits per heavy atom. The van der Waals surface area contributed by atoms with Gasteiger partial charge in [-0.1, -0.05) is 19.8 Å². The predicted octanol–water partition coefficient (Wildman–Crippen LogP) is 3.67. The Bertz CT molecular complexity index is 448. The molecule has 1 saturated carbocycles. The molecule has 1 fully saturated rings. The van der Waals surface area contributed by atoms with Crippen LogP contribution in [0.1, 0.15) is 42.3 Å². The number of nitrogens with one attached hydrogen (secondary N) is 1. The van der Waals surface area contributed by atoms with E-state index in [0.29, 0.717) is 16.7 Å². The van der Waals surface area contributed by atoms with Crippen LogP contribution in [0.15, 0.2) is 11.4 Å². The van der Waals surface area contributed by atoms with Crippen molar-refractivity contribution in [3.05, 3.63) is 16.3 Å². The molecule has 1 aliphatic rings. The van der Waals surface area contributed by atoms with Crippen molar-refractivity contribution in [2.24, 2.45) is 5.92 Å². The van der Waals surface area contributed by atoms with Gasteiger partial charge in [0.05, 0.1) is 17.5 Å². The van der Waals surface area contributed by atoms with Gasteiger partial charge in [0.2, 0.25) is 0 Å². The van der Waals surface area contributed by atoms with Crippen molar-refractivity contribution >= 4 is 28.8 Å². The summed E-state index contributed by atoms with van der Waals surface area (Å²) in [6.45, 7) is 2.22. The third kappa shape index (κ3) is 3.42. The van der Waals surface area contributed by atoms with E-state index in [-0.39, 0.29) is 11.4 Å². The molecule has 0 radical (unpaired) electrons. The fourth-order valence-electron chi connectivity index (χ4n) is 2.78. The number of halogens is 1. The van der Waals surface area contributed by atoms with E-state index in [9.17, 15) is 4.79 Å². The lowest BCUT2D eigenvalue weighted by Crippen LogP contribution is -2.52. The third-order valence-electron chi connectivity index (χ3n) is 3.76. The van der Waals surface area contributed by atoms with E-state index in [1.807, 2.05) is 5.38 Å². The lowest BCUT2D eigenvalue weighted by molar-refractivity contribution is 0.0871. The van der Waals surface area contributed by atoms with E-state index in [4.69, 9.17) is 16.3 Å². The molecule has 0 aliphatic heterocycles. The van der Waals surface area contributed by atoms with E-state index in [2.05, 4.69) is 12.2 Å². The van der Waals surface area contributed by atoms with Crippen molar-refractivity contribution in [1.82, 2.24) is 5.32 Å². The Morgan fingerprint density at radius 3 is 3.05 bits per heavy atom. The Labute approximate surface area is 123 Å². The molecule has 19 heavy (non-hydrogen) atoms. The first-order chi connectivity index (χ1) is 9.08. The Hall–Kier alpha value is -0.740. The van der Waals surface area contributed by atoms with Gasteiger partial charge >= 0.3 is 0 Å². The lowest BCUT2D eigenvalue weighted by atomic mass is 9.77. The molecule has 2 rings (SSSR count). The quantitative estimate of drug-likeness (QED) is 0.862. The minimum Gasteiger partial charge on any atom is -0.496 e. The maximum absolute atomic E-state index is 12.3. The molecule has 2 atom stereocenters. The molecular weight excluding hydrogens is 282 g/mol. The summed E-state index contributed by atoms with van der Waals surface area (Å²) in [6, 6.07) is 1.77. The zero-order valence-electron chi connectivity index (χ0n) is 11.4. The van der Waals surface area contributed by atoms with Crippen LogP contribution < -0.4 is 10.1 Å². The van der Waals surface area contributed by atoms with Crippen molar-refractivity contribution in [3.63, 3.8) is 0 Å². The molecule has 1 heterocycles. The molecule has 2 unspecified atom stereocenters. The zero-order chi connectivity index (χ0) is 13.9. The van der Waals surface area contributed by atoms with Crippen molar-refractivity contribution in [2.45, 2.75) is 38.1 Å². The van der Waals surface area contributed by atoms with E-state index < -0.39 is 0 Å². The summed E-state index contributed by atoms with van der Waals surface area (Å²) in [5.41, 5.74) is -0.243. The van der Waals surface area contributed by atoms with Gasteiger partial charge in [0.1, 0.15) is 5.75 Å². The van der Waals surface area contributed by atoms with Gasteiger partial charge in [-0.2, -0.15) is 0 Å². The van der Waals surface area contributed by atoms with Gasteiger partial charge in [-0.3, -0.25) is 4.79 Å². The highest BCUT2D eigenvalue weighted by Crippen LogP contribution is 2.34. The number of hydrogen-bond acceptors (Lipinski definition) is 3. The van der Waals surface area contributed by atoms with E-state index >= 15 is 0 Å². The van der Waals surface area contributed by atoms with Crippen LogP contribution in [-0.4, -0.2) is 24.4 Å². The summed E-state index contributed by atoms with van der Waals surface area (Å²) in [7, 11) is 1.60. The van der Waals surface area contributed by atoms with Crippen LogP contribution in [0.3, 0.4) is 0 Å². The first-order valence-electron chi connectivity index (χ1n) is 6.59. The molecule has 1 N–H and O–H groups in total. The molecule has 0 saturated heterocycles. The molecule has 106 valence electrons. The second-order valence-corrected chi connectivity index (χ2v) is 6.60. The highest BCUT2D eigenvalue weighted by atomic mass is 35.5. The van der Waals surface area contributed by atoms with Crippen LogP contribution in [0.5, 0.6) is 5.75 Å². The Balaban J connectivity index is 2.07. The topological polar surface area (TPSA) is 38.3 Å². The summed E-state index contributed by atoms with van der Waals surface area (Å²) in [5.74, 6) is 1.78. The lowest BCUT2D eigenvalue weighted by Gasteiger charge is -2.39. The SMILES string of the molecule is COc1csc(C(=O)NC2(CCl)CCCC(C)C2)c1. The normalized spacial score (nSPS) is 27.0. The number of carbonyl (C=O) groups is 1. The number of alkyl halides is 1. The number of hydrogen-bond donors (Lipinski definition) is 1. The van der Waals surface area contributed by atoms with Crippen LogP contribution in [0.4, 0.5) is 0 Å². The van der Waals surface area contributed by atoms with Crippen LogP contribution in [0, 0.1) is 5.92 Å². The minimum atomic E-state index is -0.243. The summed E-state index contributed by atoms with van der Waals surface area (Å²) in [5, 5.41) is 4.99. The predicted molar refractivity (Wildman–Crippen MR) is 79.4 cm³/mol. The molecule has 1 aromatic rings. The summed E-state index contributed by atoms with van der Waals surface area (Å²) < 4.78 is 5.11. The maximum Gasteiger partial charge on any atom is 0.261 e. The summed E-state index contributed by atoms with van der Waals surface area (Å²) in [4.78, 5) is 13.0. The van der Waals surface area contributed by atoms with Gasteiger partial charge in [0, 0.05) is 17.3 Å². The number of carbonyl (C=O) groups excluding carboxylic acids is 1. The van der Waals surface area contributed by atoms with Gasteiger partial charge in [0.25, 0.3) is 5.91 Å². The average molecular weight is 302 g/mol. The van der Waals surface area contributed by atoms with Gasteiger partial charge in [-0.25, -0.2) is 0 Å². The molecule has 3 nitrogen and oxygen atoms in total. The van der Waals surface area contributed by atoms with Gasteiger partial charge in [-0.15, -0.1) is 22.9 Å². The largest absolute Gasteiger partial charge is 0.496 e. The highest BCUT2D eigenvalue weighted by molar-refractivity contribution is 7.12. The molecule has 5 heteroatoms. The first kappa shape index (κ1) is 14.7. The number of methoxy groups -OCH3 is 1. The molecule has 1 aromatic heterocycles. The minimum absolute atomic E-state index is 0.0388. The van der Waals surface area contributed by atoms with Crippen molar-refractivity contribution in [1.29, 1.82) is 0 Å². The van der Waals surface area contributed by atoms with Crippen LogP contribution in [0.25, 0.3) is 0 Å². The van der Waals surface area contributed by atoms with E-state index in [1.54, 1.807) is 13.2 Å². The van der Waals surface area contributed by atoms with Crippen molar-refractivity contribution < 1.29 is 9.53 Å². The van der Waals surface area contributed by atoms with E-state index in [0.717, 1.165) is 25.0 Å². The monoisotopic (exact) mass is 301 g/mol. The molecule has 0 spiro atoms. The molecule has 0 aromatic carbocycles. The van der Waals surface area contributed by atoms with Gasteiger partial charge in [-0.05, 0) is 18.8 Å².